The SMILES string of the molecule is CC(C)CCCCCCNC(=O)CCCCCO[C@H]1CC[C@@]2(C)C(=CCC3[C@@H]4CC[C@H]([C@@H](C)CCCC(C)C)[C@@]4(C)CC[C@@H]32)C1. The number of ether oxygens (including phenoxy) is 1. The third-order valence-corrected chi connectivity index (χ3v) is 13.7. The van der Waals surface area contributed by atoms with Gasteiger partial charge in [-0.3, -0.25) is 4.79 Å². The summed E-state index contributed by atoms with van der Waals surface area (Å²) in [6.45, 7) is 19.0. The van der Waals surface area contributed by atoms with Crippen molar-refractivity contribution in [1.29, 1.82) is 0 Å². The van der Waals surface area contributed by atoms with Crippen LogP contribution in [0.1, 0.15) is 177 Å². The number of amides is 1. The molecule has 1 unspecified atom stereocenters. The first-order valence-corrected chi connectivity index (χ1v) is 20.1. The van der Waals surface area contributed by atoms with Crippen LogP contribution < -0.4 is 5.32 Å². The van der Waals surface area contributed by atoms with Gasteiger partial charge in [0, 0.05) is 19.6 Å². The Morgan fingerprint density at radius 3 is 2.33 bits per heavy atom. The van der Waals surface area contributed by atoms with Crippen LogP contribution in [0.4, 0.5) is 0 Å². The van der Waals surface area contributed by atoms with Crippen molar-refractivity contribution in [2.24, 2.45) is 52.3 Å². The molecule has 8 atom stereocenters. The van der Waals surface area contributed by atoms with Crippen LogP contribution in [0.5, 0.6) is 0 Å². The highest BCUT2D eigenvalue weighted by Crippen LogP contribution is 2.67. The maximum absolute atomic E-state index is 12.2. The van der Waals surface area contributed by atoms with Crippen LogP contribution in [0.2, 0.25) is 0 Å². The number of fused-ring (bicyclic) bond motifs is 5. The van der Waals surface area contributed by atoms with Gasteiger partial charge >= 0.3 is 0 Å². The van der Waals surface area contributed by atoms with Crippen molar-refractivity contribution >= 4 is 5.91 Å². The zero-order valence-electron chi connectivity index (χ0n) is 31.1. The van der Waals surface area contributed by atoms with Gasteiger partial charge in [-0.15, -0.1) is 0 Å². The monoisotopic (exact) mass is 626 g/mol. The molecule has 45 heavy (non-hydrogen) atoms. The largest absolute Gasteiger partial charge is 0.378 e. The molecule has 0 radical (unpaired) electrons. The second-order valence-electron chi connectivity index (χ2n) is 17.8. The summed E-state index contributed by atoms with van der Waals surface area (Å²) in [6, 6.07) is 0. The summed E-state index contributed by atoms with van der Waals surface area (Å²) in [6.07, 6.45) is 28.5. The molecule has 0 saturated heterocycles. The number of hydrogen-bond acceptors (Lipinski definition) is 2. The van der Waals surface area contributed by atoms with Crippen molar-refractivity contribution in [3.8, 4) is 0 Å². The van der Waals surface area contributed by atoms with Gasteiger partial charge in [-0.25, -0.2) is 0 Å². The van der Waals surface area contributed by atoms with Crippen molar-refractivity contribution in [2.45, 2.75) is 183 Å². The molecule has 4 rings (SSSR count). The Morgan fingerprint density at radius 2 is 1.56 bits per heavy atom. The molecule has 0 heterocycles. The summed E-state index contributed by atoms with van der Waals surface area (Å²) in [5, 5.41) is 3.13. The fourth-order valence-corrected chi connectivity index (χ4v) is 11.0. The molecule has 0 aromatic heterocycles. The lowest BCUT2D eigenvalue weighted by molar-refractivity contribution is -0.121. The predicted octanol–water partition coefficient (Wildman–Crippen LogP) is 11.7. The number of rotatable bonds is 19. The van der Waals surface area contributed by atoms with Crippen LogP contribution in [-0.2, 0) is 9.53 Å². The number of carbonyl (C=O) groups is 1. The van der Waals surface area contributed by atoms with Crippen molar-refractivity contribution in [1.82, 2.24) is 5.32 Å². The van der Waals surface area contributed by atoms with E-state index in [0.717, 1.165) is 86.7 Å². The number of nitrogens with one attached hydrogen (secondary N) is 1. The van der Waals surface area contributed by atoms with Gasteiger partial charge in [-0.1, -0.05) is 111 Å². The first kappa shape index (κ1) is 37.0. The Kier molecular flexibility index (Phi) is 14.4. The first-order valence-electron chi connectivity index (χ1n) is 20.1. The highest BCUT2D eigenvalue weighted by molar-refractivity contribution is 5.75. The zero-order chi connectivity index (χ0) is 32.5. The molecule has 4 aliphatic rings. The maximum atomic E-state index is 12.2. The summed E-state index contributed by atoms with van der Waals surface area (Å²) in [5.74, 6) is 6.47. The molecule has 3 heteroatoms. The number of carbonyl (C=O) groups excluding carboxylic acids is 1. The van der Waals surface area contributed by atoms with E-state index in [9.17, 15) is 4.79 Å². The van der Waals surface area contributed by atoms with Gasteiger partial charge < -0.3 is 10.1 Å². The molecule has 0 aromatic carbocycles. The quantitative estimate of drug-likeness (QED) is 0.115. The highest BCUT2D eigenvalue weighted by atomic mass is 16.5. The molecular weight excluding hydrogens is 550 g/mol. The molecule has 0 aliphatic heterocycles. The molecule has 4 aliphatic carbocycles. The fourth-order valence-electron chi connectivity index (χ4n) is 11.0. The summed E-state index contributed by atoms with van der Waals surface area (Å²) in [7, 11) is 0. The lowest BCUT2D eigenvalue weighted by atomic mass is 9.47. The van der Waals surface area contributed by atoms with Gasteiger partial charge in [0.05, 0.1) is 6.10 Å². The van der Waals surface area contributed by atoms with E-state index in [4.69, 9.17) is 4.74 Å². The van der Waals surface area contributed by atoms with E-state index < -0.39 is 0 Å². The van der Waals surface area contributed by atoms with E-state index in [1.165, 1.54) is 89.9 Å². The minimum Gasteiger partial charge on any atom is -0.378 e. The third-order valence-electron chi connectivity index (χ3n) is 13.7. The zero-order valence-corrected chi connectivity index (χ0v) is 31.1. The van der Waals surface area contributed by atoms with Crippen LogP contribution in [0, 0.1) is 52.3 Å². The average molecular weight is 626 g/mol. The van der Waals surface area contributed by atoms with Crippen molar-refractivity contribution in [3.05, 3.63) is 11.6 Å². The van der Waals surface area contributed by atoms with Crippen LogP contribution in [-0.4, -0.2) is 25.2 Å². The predicted molar refractivity (Wildman–Crippen MR) is 192 cm³/mol. The maximum Gasteiger partial charge on any atom is 0.219 e. The van der Waals surface area contributed by atoms with Gasteiger partial charge in [0.15, 0.2) is 0 Å². The molecule has 0 bridgehead atoms. The smallest absolute Gasteiger partial charge is 0.219 e. The Bertz CT molecular complexity index is 924. The molecule has 3 fully saturated rings. The van der Waals surface area contributed by atoms with Gasteiger partial charge in [0.1, 0.15) is 0 Å². The fraction of sp³-hybridized carbons (Fsp3) is 0.929. The standard InChI is InChI=1S/C42H75NO2/c1-31(2)16-11-8-9-13-28-43-40(44)19-12-10-14-29-45-35-24-26-41(6)34(30-35)20-21-36-38-23-22-37(33(5)18-15-17-32(3)4)42(38,7)27-25-39(36)41/h20,31-33,35-39H,8-19,21-30H2,1-7H3,(H,43,44)/t33-,35-,36?,37+,38-,39-,41-,42+/m0/s1. The Morgan fingerprint density at radius 1 is 0.822 bits per heavy atom. The van der Waals surface area contributed by atoms with E-state index >= 15 is 0 Å². The summed E-state index contributed by atoms with van der Waals surface area (Å²) < 4.78 is 6.48. The van der Waals surface area contributed by atoms with E-state index in [0.29, 0.717) is 23.4 Å². The Labute approximate surface area is 280 Å². The lowest BCUT2D eigenvalue weighted by Gasteiger charge is -2.58. The normalized spacial score (nSPS) is 33.4. The van der Waals surface area contributed by atoms with Crippen LogP contribution in [0.15, 0.2) is 11.6 Å². The minimum absolute atomic E-state index is 0.236. The van der Waals surface area contributed by atoms with E-state index in [1.807, 2.05) is 0 Å². The average Bonchev–Trinajstić information content (AvgIpc) is 3.35. The molecule has 1 amide bonds. The Balaban J connectivity index is 1.13. The van der Waals surface area contributed by atoms with E-state index in [1.54, 1.807) is 5.57 Å². The minimum atomic E-state index is 0.236. The van der Waals surface area contributed by atoms with Gasteiger partial charge in [-0.2, -0.15) is 0 Å². The number of unbranched alkanes of at least 4 members (excludes halogenated alkanes) is 5. The summed E-state index contributed by atoms with van der Waals surface area (Å²) >= 11 is 0. The Hall–Kier alpha value is -0.830. The molecule has 3 saturated carbocycles. The second kappa shape index (κ2) is 17.5. The lowest BCUT2D eigenvalue weighted by Crippen LogP contribution is -2.51. The van der Waals surface area contributed by atoms with E-state index in [-0.39, 0.29) is 5.91 Å². The van der Waals surface area contributed by atoms with Crippen LogP contribution >= 0.6 is 0 Å². The second-order valence-corrected chi connectivity index (χ2v) is 17.8. The van der Waals surface area contributed by atoms with Crippen LogP contribution in [0.3, 0.4) is 0 Å². The van der Waals surface area contributed by atoms with Crippen molar-refractivity contribution in [2.75, 3.05) is 13.2 Å². The van der Waals surface area contributed by atoms with Gasteiger partial charge in [-0.05, 0) is 123 Å². The van der Waals surface area contributed by atoms with Crippen molar-refractivity contribution < 1.29 is 9.53 Å². The van der Waals surface area contributed by atoms with E-state index in [2.05, 4.69) is 59.9 Å². The molecule has 260 valence electrons. The molecule has 3 nitrogen and oxygen atoms in total. The summed E-state index contributed by atoms with van der Waals surface area (Å²) in [5.41, 5.74) is 2.73. The van der Waals surface area contributed by atoms with Gasteiger partial charge in [0.2, 0.25) is 5.91 Å². The molecule has 0 spiro atoms. The number of allylic oxidation sites excluding steroid dienone is 1. The third kappa shape index (κ3) is 9.85. The number of hydrogen-bond donors (Lipinski definition) is 1. The van der Waals surface area contributed by atoms with Crippen LogP contribution in [0.25, 0.3) is 0 Å². The van der Waals surface area contributed by atoms with Gasteiger partial charge in [0.25, 0.3) is 0 Å². The highest BCUT2D eigenvalue weighted by Gasteiger charge is 2.59. The van der Waals surface area contributed by atoms with Crippen molar-refractivity contribution in [3.63, 3.8) is 0 Å². The molecular formula is C42H75NO2. The summed E-state index contributed by atoms with van der Waals surface area (Å²) in [4.78, 5) is 12.2. The first-order chi connectivity index (χ1) is 21.5. The topological polar surface area (TPSA) is 38.3 Å². The molecule has 1 N–H and O–H groups in total. The molecule has 0 aromatic rings.